The van der Waals surface area contributed by atoms with Crippen LogP contribution < -0.4 is 0 Å². The van der Waals surface area contributed by atoms with Crippen LogP contribution >= 0.6 is 0 Å². The lowest BCUT2D eigenvalue weighted by atomic mass is 10.0. The summed E-state index contributed by atoms with van der Waals surface area (Å²) in [6.45, 7) is -0.726. The van der Waals surface area contributed by atoms with Gasteiger partial charge in [-0.25, -0.2) is 0 Å². The van der Waals surface area contributed by atoms with E-state index in [9.17, 15) is 20.3 Å². The third kappa shape index (κ3) is 2.04. The zero-order chi connectivity index (χ0) is 13.1. The Morgan fingerprint density at radius 2 is 1.83 bits per heavy atom. The summed E-state index contributed by atoms with van der Waals surface area (Å²) < 4.78 is 0.508. The summed E-state index contributed by atoms with van der Waals surface area (Å²) >= 11 is 0. The Labute approximate surface area is 103 Å². The summed E-state index contributed by atoms with van der Waals surface area (Å²) in [4.78, 5) is 11.8. The molecule has 2 aliphatic rings. The summed E-state index contributed by atoms with van der Waals surface area (Å²) in [5.74, 6) is 0. The van der Waals surface area contributed by atoms with Crippen molar-refractivity contribution < 1.29 is 15.0 Å². The minimum Gasteiger partial charge on any atom is -0.754 e. The molecule has 0 unspecified atom stereocenters. The molecule has 2 heterocycles. The molecule has 0 radical (unpaired) electrons. The van der Waals surface area contributed by atoms with E-state index in [1.165, 1.54) is 24.6 Å². The van der Waals surface area contributed by atoms with Crippen LogP contribution in [0.1, 0.15) is 0 Å². The van der Waals surface area contributed by atoms with E-state index >= 15 is 0 Å². The molecule has 0 bridgehead atoms. The summed E-state index contributed by atoms with van der Waals surface area (Å²) in [5, 5.41) is 30.8. The van der Waals surface area contributed by atoms with E-state index in [1.54, 1.807) is 12.2 Å². The maximum absolute atomic E-state index is 11.8. The van der Waals surface area contributed by atoms with Crippen LogP contribution in [0.4, 0.5) is 0 Å². The zero-order valence-electron chi connectivity index (χ0n) is 9.48. The van der Waals surface area contributed by atoms with E-state index in [4.69, 9.17) is 0 Å². The first-order valence-electron chi connectivity index (χ1n) is 5.33. The fraction of sp³-hybridized carbons (Fsp3) is 0.167. The number of nitrogens with zero attached hydrogens (tertiary/aromatic N) is 2. The van der Waals surface area contributed by atoms with Crippen LogP contribution in [0, 0.1) is 10.1 Å². The molecule has 0 amide bonds. The molecule has 2 N–H and O–H groups in total. The second-order valence-corrected chi connectivity index (χ2v) is 3.73. The molecule has 6 nitrogen and oxygen atoms in total. The Morgan fingerprint density at radius 1 is 1.17 bits per heavy atom. The lowest BCUT2D eigenvalue weighted by molar-refractivity contribution is -0.423. The van der Waals surface area contributed by atoms with Crippen molar-refractivity contribution in [2.75, 3.05) is 13.2 Å². The van der Waals surface area contributed by atoms with Gasteiger partial charge in [-0.05, 0) is 18.4 Å². The number of hydrogen-bond donors (Lipinski definition) is 2. The highest BCUT2D eigenvalue weighted by molar-refractivity contribution is 5.47. The highest BCUT2D eigenvalue weighted by Gasteiger charge is 2.30. The fourth-order valence-corrected chi connectivity index (χ4v) is 1.83. The number of rotatable bonds is 2. The van der Waals surface area contributed by atoms with Crippen LogP contribution in [0.3, 0.4) is 0 Å². The van der Waals surface area contributed by atoms with Crippen LogP contribution in [0.25, 0.3) is 0 Å². The molecule has 0 atom stereocenters. The van der Waals surface area contributed by atoms with Crippen molar-refractivity contribution in [3.8, 4) is 0 Å². The Kier molecular flexibility index (Phi) is 3.52. The molecule has 0 aromatic heterocycles. The number of allylic oxidation sites excluding steroid dienone is 4. The molecular weight excluding hydrogens is 236 g/mol. The molecule has 0 aliphatic carbocycles. The van der Waals surface area contributed by atoms with E-state index in [2.05, 4.69) is 0 Å². The molecule has 0 spiro atoms. The van der Waals surface area contributed by atoms with E-state index < -0.39 is 0 Å². The van der Waals surface area contributed by atoms with Crippen LogP contribution in [0.2, 0.25) is 0 Å². The van der Waals surface area contributed by atoms with Crippen molar-refractivity contribution in [2.24, 2.45) is 0 Å². The van der Waals surface area contributed by atoms with Crippen molar-refractivity contribution >= 4 is 0 Å². The predicted molar refractivity (Wildman–Crippen MR) is 64.5 cm³/mol. The molecule has 0 aromatic carbocycles. The van der Waals surface area contributed by atoms with Crippen molar-refractivity contribution in [2.45, 2.75) is 0 Å². The van der Waals surface area contributed by atoms with Crippen molar-refractivity contribution in [1.29, 1.82) is 0 Å². The number of nitroso groups, excluding NO2 is 1. The first kappa shape index (κ1) is 12.4. The average Bonchev–Trinajstić information content (AvgIpc) is 2.38. The van der Waals surface area contributed by atoms with Gasteiger partial charge in [0.25, 0.3) is 5.70 Å². The van der Waals surface area contributed by atoms with Crippen LogP contribution in [-0.4, -0.2) is 33.3 Å². The molecule has 6 heteroatoms. The molecule has 2 rings (SSSR count). The largest absolute Gasteiger partial charge is 0.754 e. The minimum absolute atomic E-state index is 0.0552. The first-order chi connectivity index (χ1) is 8.69. The van der Waals surface area contributed by atoms with Gasteiger partial charge in [-0.2, -0.15) is 0 Å². The van der Waals surface area contributed by atoms with Gasteiger partial charge in [0, 0.05) is 16.6 Å². The number of aliphatic hydroxyl groups excluding tert-OH is 2. The summed E-state index contributed by atoms with van der Waals surface area (Å²) in [5.41, 5.74) is 0.773. The third-order valence-corrected chi connectivity index (χ3v) is 2.65. The molecule has 0 saturated heterocycles. The van der Waals surface area contributed by atoms with Crippen molar-refractivity contribution in [3.05, 3.63) is 69.4 Å². The van der Waals surface area contributed by atoms with E-state index in [0.29, 0.717) is 21.0 Å². The standard InChI is InChI=1S/C12H12N2O4/c15-7-9-3-1-5-13(17)11(9)12-10(8-16)4-2-6-14(12)18/h1-6,15-16H,7-8H2. The van der Waals surface area contributed by atoms with Gasteiger partial charge in [-0.3, -0.25) is 0 Å². The molecule has 2 aliphatic heterocycles. The molecule has 0 saturated carbocycles. The van der Waals surface area contributed by atoms with Crippen molar-refractivity contribution in [1.82, 2.24) is 5.06 Å². The predicted octanol–water partition coefficient (Wildman–Crippen LogP) is 0.669. The average molecular weight is 248 g/mol. The lowest BCUT2D eigenvalue weighted by Gasteiger charge is -2.32. The smallest absolute Gasteiger partial charge is 0.291 e. The first-order valence-corrected chi connectivity index (χ1v) is 5.33. The Morgan fingerprint density at radius 3 is 2.50 bits per heavy atom. The van der Waals surface area contributed by atoms with Crippen LogP contribution in [-0.2, 0) is 0 Å². The molecule has 18 heavy (non-hydrogen) atoms. The maximum atomic E-state index is 11.8. The van der Waals surface area contributed by atoms with Crippen LogP contribution in [0.5, 0.6) is 0 Å². The topological polar surface area (TPSA) is 86.8 Å². The Balaban J connectivity index is 2.60. The number of aliphatic hydroxyl groups is 2. The Hall–Kier alpha value is -2.02. The fourth-order valence-electron chi connectivity index (χ4n) is 1.83. The third-order valence-electron chi connectivity index (χ3n) is 2.65. The monoisotopic (exact) mass is 248 g/mol. The van der Waals surface area contributed by atoms with Crippen molar-refractivity contribution in [3.63, 3.8) is 0 Å². The Bertz CT molecular complexity index is 526. The summed E-state index contributed by atoms with van der Waals surface area (Å²) in [7, 11) is 0. The second kappa shape index (κ2) is 5.09. The second-order valence-electron chi connectivity index (χ2n) is 3.73. The lowest BCUT2D eigenvalue weighted by Crippen LogP contribution is -2.23. The molecule has 94 valence electrons. The van der Waals surface area contributed by atoms with Gasteiger partial charge < -0.3 is 20.5 Å². The van der Waals surface area contributed by atoms with Gasteiger partial charge >= 0.3 is 0 Å². The van der Waals surface area contributed by atoms with Gasteiger partial charge in [-0.15, -0.1) is 0 Å². The van der Waals surface area contributed by atoms with Gasteiger partial charge in [0.05, 0.1) is 23.5 Å². The van der Waals surface area contributed by atoms with Crippen LogP contribution in [0.15, 0.2) is 59.2 Å². The summed E-state index contributed by atoms with van der Waals surface area (Å²) in [6.07, 6.45) is 8.55. The number of hydrogen-bond acceptors (Lipinski definition) is 5. The van der Waals surface area contributed by atoms with E-state index in [0.717, 1.165) is 0 Å². The SMILES string of the molecule is O=[N+]1C=CC=C(CO)C1=C1C(CO)=CC=CN1[O-]. The van der Waals surface area contributed by atoms with Gasteiger partial charge in [0.2, 0.25) is 6.20 Å². The zero-order valence-corrected chi connectivity index (χ0v) is 9.48. The molecule has 0 fully saturated rings. The number of hydroxylamine groups is 2. The normalized spacial score (nSPS) is 23.3. The molecule has 0 aromatic rings. The quantitative estimate of drug-likeness (QED) is 0.701. The van der Waals surface area contributed by atoms with Gasteiger partial charge in [0.15, 0.2) is 0 Å². The maximum Gasteiger partial charge on any atom is 0.291 e. The molecular formula is C12H12N2O4. The van der Waals surface area contributed by atoms with E-state index in [-0.39, 0.29) is 24.6 Å². The highest BCUT2D eigenvalue weighted by atomic mass is 16.5. The van der Waals surface area contributed by atoms with E-state index in [1.807, 2.05) is 0 Å². The highest BCUT2D eigenvalue weighted by Crippen LogP contribution is 2.29. The van der Waals surface area contributed by atoms with Gasteiger partial charge in [0.1, 0.15) is 5.70 Å². The minimum atomic E-state index is -0.363. The summed E-state index contributed by atoms with van der Waals surface area (Å²) in [6, 6.07) is 0. The van der Waals surface area contributed by atoms with Gasteiger partial charge in [-0.1, -0.05) is 6.08 Å².